The average molecular weight is 383 g/mol. The second kappa shape index (κ2) is 7.13. The summed E-state index contributed by atoms with van der Waals surface area (Å²) in [5.74, 6) is -1.93. The highest BCUT2D eigenvalue weighted by molar-refractivity contribution is 9.10. The van der Waals surface area contributed by atoms with Crippen LogP contribution in [-0.4, -0.2) is 39.5 Å². The van der Waals surface area contributed by atoms with Gasteiger partial charge in [0.15, 0.2) is 0 Å². The van der Waals surface area contributed by atoms with Crippen LogP contribution in [0.5, 0.6) is 0 Å². The maximum atomic E-state index is 13.7. The van der Waals surface area contributed by atoms with Gasteiger partial charge in [-0.3, -0.25) is 0 Å². The van der Waals surface area contributed by atoms with E-state index in [0.717, 1.165) is 32.0 Å². The highest BCUT2D eigenvalue weighted by Crippen LogP contribution is 2.26. The Hall–Kier alpha value is -0.570. The molecule has 0 unspecified atom stereocenters. The zero-order valence-corrected chi connectivity index (χ0v) is 13.8. The van der Waals surface area contributed by atoms with E-state index in [1.807, 2.05) is 0 Å². The van der Waals surface area contributed by atoms with Crippen LogP contribution in [0.15, 0.2) is 21.5 Å². The van der Waals surface area contributed by atoms with Crippen molar-refractivity contribution in [3.63, 3.8) is 0 Å². The van der Waals surface area contributed by atoms with Crippen LogP contribution in [0.1, 0.15) is 19.3 Å². The normalized spacial score (nSPS) is 17.1. The predicted octanol–water partition coefficient (Wildman–Crippen LogP) is 2.49. The highest BCUT2D eigenvalue weighted by Gasteiger charge is 2.23. The first-order valence-electron chi connectivity index (χ1n) is 6.77. The summed E-state index contributed by atoms with van der Waals surface area (Å²) in [5.41, 5.74) is 0. The molecule has 0 amide bonds. The summed E-state index contributed by atoms with van der Waals surface area (Å²) in [6, 6.07) is 1.49. The fourth-order valence-electron chi connectivity index (χ4n) is 2.38. The molecule has 118 valence electrons. The molecule has 1 aliphatic rings. The quantitative estimate of drug-likeness (QED) is 0.850. The average Bonchev–Trinajstić information content (AvgIpc) is 2.38. The third kappa shape index (κ3) is 4.45. The molecule has 8 heteroatoms. The second-order valence-corrected chi connectivity index (χ2v) is 7.56. The van der Waals surface area contributed by atoms with Crippen molar-refractivity contribution in [1.82, 2.24) is 9.62 Å². The largest absolute Gasteiger partial charge is 0.302 e. The van der Waals surface area contributed by atoms with Crippen molar-refractivity contribution in [2.75, 3.05) is 26.2 Å². The van der Waals surface area contributed by atoms with Crippen LogP contribution in [0.25, 0.3) is 0 Å². The molecule has 0 aromatic heterocycles. The summed E-state index contributed by atoms with van der Waals surface area (Å²) < 4.78 is 53.1. The summed E-state index contributed by atoms with van der Waals surface area (Å²) >= 11 is 2.89. The van der Waals surface area contributed by atoms with E-state index in [4.69, 9.17) is 0 Å². The topological polar surface area (TPSA) is 49.4 Å². The highest BCUT2D eigenvalue weighted by atomic mass is 79.9. The van der Waals surface area contributed by atoms with Crippen molar-refractivity contribution >= 4 is 26.0 Å². The third-order valence-electron chi connectivity index (χ3n) is 3.40. The van der Waals surface area contributed by atoms with Gasteiger partial charge < -0.3 is 4.90 Å². The molecular weight excluding hydrogens is 366 g/mol. The molecule has 21 heavy (non-hydrogen) atoms. The third-order valence-corrected chi connectivity index (χ3v) is 5.82. The Morgan fingerprint density at radius 1 is 1.19 bits per heavy atom. The molecule has 1 aliphatic heterocycles. The molecule has 4 nitrogen and oxygen atoms in total. The number of nitrogens with one attached hydrogen (secondary N) is 1. The zero-order chi connectivity index (χ0) is 15.5. The van der Waals surface area contributed by atoms with Crippen LogP contribution in [0, 0.1) is 11.6 Å². The van der Waals surface area contributed by atoms with E-state index in [0.29, 0.717) is 12.6 Å². The van der Waals surface area contributed by atoms with E-state index in [2.05, 4.69) is 25.6 Å². The number of halogens is 3. The molecule has 1 saturated heterocycles. The van der Waals surface area contributed by atoms with Crippen LogP contribution in [0.2, 0.25) is 0 Å². The molecule has 0 aliphatic carbocycles. The fraction of sp³-hybridized carbons (Fsp3) is 0.538. The van der Waals surface area contributed by atoms with Crippen molar-refractivity contribution in [1.29, 1.82) is 0 Å². The molecule has 1 heterocycles. The molecule has 1 aromatic carbocycles. The summed E-state index contributed by atoms with van der Waals surface area (Å²) in [7, 11) is -4.00. The van der Waals surface area contributed by atoms with Gasteiger partial charge in [0.1, 0.15) is 16.5 Å². The van der Waals surface area contributed by atoms with Crippen molar-refractivity contribution in [2.45, 2.75) is 24.2 Å². The van der Waals surface area contributed by atoms with Crippen molar-refractivity contribution < 1.29 is 17.2 Å². The van der Waals surface area contributed by atoms with Crippen LogP contribution in [0.3, 0.4) is 0 Å². The molecule has 1 aromatic rings. The van der Waals surface area contributed by atoms with Gasteiger partial charge in [-0.15, -0.1) is 0 Å². The van der Waals surface area contributed by atoms with E-state index < -0.39 is 26.6 Å². The molecule has 0 atom stereocenters. The molecule has 0 radical (unpaired) electrons. The van der Waals surface area contributed by atoms with E-state index in [1.54, 1.807) is 0 Å². The van der Waals surface area contributed by atoms with Crippen LogP contribution >= 0.6 is 15.9 Å². The molecule has 2 rings (SSSR count). The van der Waals surface area contributed by atoms with Gasteiger partial charge in [-0.05, 0) is 47.9 Å². The lowest BCUT2D eigenvalue weighted by atomic mass is 10.1. The first-order chi connectivity index (χ1) is 9.90. The lowest BCUT2D eigenvalue weighted by Gasteiger charge is -2.26. The monoisotopic (exact) mass is 382 g/mol. The van der Waals surface area contributed by atoms with Gasteiger partial charge in [-0.25, -0.2) is 21.9 Å². The minimum absolute atomic E-state index is 0.120. The predicted molar refractivity (Wildman–Crippen MR) is 79.5 cm³/mol. The molecule has 0 spiro atoms. The van der Waals surface area contributed by atoms with Gasteiger partial charge in [-0.1, -0.05) is 6.42 Å². The first-order valence-corrected chi connectivity index (χ1v) is 9.04. The number of sulfonamides is 1. The van der Waals surface area contributed by atoms with Gasteiger partial charge >= 0.3 is 0 Å². The van der Waals surface area contributed by atoms with Crippen LogP contribution in [0.4, 0.5) is 8.78 Å². The molecule has 1 N–H and O–H groups in total. The number of likely N-dealkylation sites (tertiary alicyclic amines) is 1. The first kappa shape index (κ1) is 16.8. The SMILES string of the molecule is O=S(=O)(NCCN1CCCCC1)c1c(F)cc(F)cc1Br. The summed E-state index contributed by atoms with van der Waals surface area (Å²) in [6.45, 7) is 2.69. The smallest absolute Gasteiger partial charge is 0.244 e. The second-order valence-electron chi connectivity index (χ2n) is 5.00. The number of hydrogen-bond donors (Lipinski definition) is 1. The minimum Gasteiger partial charge on any atom is -0.302 e. The number of nitrogens with zero attached hydrogens (tertiary/aromatic N) is 1. The Morgan fingerprint density at radius 2 is 1.86 bits per heavy atom. The van der Waals surface area contributed by atoms with Crippen LogP contribution < -0.4 is 4.72 Å². The Balaban J connectivity index is 2.01. The fourth-order valence-corrected chi connectivity index (χ4v) is 4.56. The summed E-state index contributed by atoms with van der Waals surface area (Å²) in [6.07, 6.45) is 3.44. The Morgan fingerprint density at radius 3 is 2.48 bits per heavy atom. The van der Waals surface area contributed by atoms with E-state index in [9.17, 15) is 17.2 Å². The molecule has 0 saturated carbocycles. The standard InChI is InChI=1S/C13H17BrF2N2O2S/c14-11-8-10(15)9-12(16)13(11)21(19,20)17-4-7-18-5-2-1-3-6-18/h8-9,17H,1-7H2. The molecule has 0 bridgehead atoms. The number of benzene rings is 1. The maximum Gasteiger partial charge on any atom is 0.244 e. The Kier molecular flexibility index (Phi) is 5.70. The van der Waals surface area contributed by atoms with E-state index in [-0.39, 0.29) is 11.0 Å². The van der Waals surface area contributed by atoms with Gasteiger partial charge in [0.05, 0.1) is 0 Å². The zero-order valence-electron chi connectivity index (χ0n) is 11.4. The minimum atomic E-state index is -4.00. The molecular formula is C13H17BrF2N2O2S. The van der Waals surface area contributed by atoms with Crippen molar-refractivity contribution in [3.05, 3.63) is 28.2 Å². The van der Waals surface area contributed by atoms with Crippen LogP contribution in [-0.2, 0) is 10.0 Å². The lowest BCUT2D eigenvalue weighted by molar-refractivity contribution is 0.232. The van der Waals surface area contributed by atoms with Crippen molar-refractivity contribution in [3.8, 4) is 0 Å². The van der Waals surface area contributed by atoms with Crippen molar-refractivity contribution in [2.24, 2.45) is 0 Å². The number of piperidine rings is 1. The summed E-state index contributed by atoms with van der Waals surface area (Å²) in [5, 5.41) is 0. The van der Waals surface area contributed by atoms with Gasteiger partial charge in [0.2, 0.25) is 10.0 Å². The van der Waals surface area contributed by atoms with Gasteiger partial charge in [-0.2, -0.15) is 0 Å². The van der Waals surface area contributed by atoms with E-state index >= 15 is 0 Å². The van der Waals surface area contributed by atoms with Gasteiger partial charge in [0.25, 0.3) is 0 Å². The van der Waals surface area contributed by atoms with E-state index in [1.165, 1.54) is 6.42 Å². The number of rotatable bonds is 5. The maximum absolute atomic E-state index is 13.7. The number of hydrogen-bond acceptors (Lipinski definition) is 3. The van der Waals surface area contributed by atoms with Gasteiger partial charge in [0, 0.05) is 23.6 Å². The molecule has 1 fully saturated rings. The Labute approximate surface area is 131 Å². The summed E-state index contributed by atoms with van der Waals surface area (Å²) in [4.78, 5) is 1.62. The lowest BCUT2D eigenvalue weighted by Crippen LogP contribution is -2.37. The Bertz CT molecular complexity index is 581.